The first kappa shape index (κ1) is 17.9. The van der Waals surface area contributed by atoms with Crippen LogP contribution in [0.5, 0.6) is 0 Å². The topological polar surface area (TPSA) is 79.6 Å². The summed E-state index contributed by atoms with van der Waals surface area (Å²) in [4.78, 5) is 37.7. The second kappa shape index (κ2) is 7.60. The van der Waals surface area contributed by atoms with Crippen LogP contribution < -0.4 is 5.32 Å². The van der Waals surface area contributed by atoms with Gasteiger partial charge in [0, 0.05) is 24.9 Å². The number of furan rings is 1. The van der Waals surface area contributed by atoms with E-state index in [4.69, 9.17) is 4.42 Å². The Morgan fingerprint density at radius 1 is 1.22 bits per heavy atom. The average Bonchev–Trinajstić information content (AvgIpc) is 3.22. The molecule has 3 amide bonds. The third-order valence-electron chi connectivity index (χ3n) is 4.93. The smallest absolute Gasteiger partial charge is 0.290 e. The first-order chi connectivity index (χ1) is 13.1. The predicted molar refractivity (Wildman–Crippen MR) is 104 cm³/mol. The minimum atomic E-state index is -0.371. The Labute approximate surface area is 161 Å². The van der Waals surface area contributed by atoms with Crippen LogP contribution >= 0.6 is 11.8 Å². The maximum Gasteiger partial charge on any atom is 0.290 e. The number of hydrogen-bond donors (Lipinski definition) is 1. The standard InChI is InChI=1S/C20H20N2O4S/c23-18(22-8-2-1-3-9-22)7-5-14-12-26-16-6-4-13(10-15(14)16)11-17-19(24)21-20(25)27-17/h4,6,10-12H,1-3,5,7-9H2,(H,21,24,25). The Morgan fingerprint density at radius 3 is 2.78 bits per heavy atom. The van der Waals surface area contributed by atoms with E-state index in [-0.39, 0.29) is 17.1 Å². The summed E-state index contributed by atoms with van der Waals surface area (Å²) < 4.78 is 5.61. The van der Waals surface area contributed by atoms with Crippen LogP contribution in [-0.2, 0) is 16.0 Å². The second-order valence-corrected chi connectivity index (χ2v) is 7.82. The van der Waals surface area contributed by atoms with Crippen molar-refractivity contribution in [3.63, 3.8) is 0 Å². The molecule has 0 saturated carbocycles. The molecule has 6 nitrogen and oxygen atoms in total. The highest BCUT2D eigenvalue weighted by molar-refractivity contribution is 8.18. The number of carbonyl (C=O) groups is 3. The third-order valence-corrected chi connectivity index (χ3v) is 5.75. The molecule has 0 unspecified atom stereocenters. The minimum absolute atomic E-state index is 0.194. The monoisotopic (exact) mass is 384 g/mol. The molecule has 1 aromatic carbocycles. The van der Waals surface area contributed by atoms with Crippen molar-refractivity contribution in [2.75, 3.05) is 13.1 Å². The molecule has 1 N–H and O–H groups in total. The number of aryl methyl sites for hydroxylation is 1. The molecule has 0 spiro atoms. The number of thioether (sulfide) groups is 1. The third kappa shape index (κ3) is 3.93. The van der Waals surface area contributed by atoms with Gasteiger partial charge >= 0.3 is 0 Å². The molecule has 27 heavy (non-hydrogen) atoms. The van der Waals surface area contributed by atoms with E-state index in [1.807, 2.05) is 23.1 Å². The van der Waals surface area contributed by atoms with E-state index in [2.05, 4.69) is 5.32 Å². The Morgan fingerprint density at radius 2 is 2.04 bits per heavy atom. The van der Waals surface area contributed by atoms with Gasteiger partial charge in [0.25, 0.3) is 11.1 Å². The number of rotatable bonds is 4. The van der Waals surface area contributed by atoms with E-state index < -0.39 is 0 Å². The number of carbonyl (C=O) groups excluding carboxylic acids is 3. The number of fused-ring (bicyclic) bond motifs is 1. The molecule has 0 radical (unpaired) electrons. The summed E-state index contributed by atoms with van der Waals surface area (Å²) in [6.45, 7) is 1.72. The molecule has 2 aliphatic heterocycles. The van der Waals surface area contributed by atoms with Gasteiger partial charge in [0.1, 0.15) is 5.58 Å². The van der Waals surface area contributed by atoms with Gasteiger partial charge in [0.05, 0.1) is 11.2 Å². The lowest BCUT2D eigenvalue weighted by Crippen LogP contribution is -2.35. The molecule has 4 rings (SSSR count). The van der Waals surface area contributed by atoms with Crippen molar-refractivity contribution in [2.24, 2.45) is 0 Å². The zero-order chi connectivity index (χ0) is 18.8. The summed E-state index contributed by atoms with van der Waals surface area (Å²) in [7, 11) is 0. The quantitative estimate of drug-likeness (QED) is 0.813. The summed E-state index contributed by atoms with van der Waals surface area (Å²) in [5, 5.41) is 2.83. The van der Waals surface area contributed by atoms with Crippen LogP contribution in [-0.4, -0.2) is 35.0 Å². The van der Waals surface area contributed by atoms with Crippen molar-refractivity contribution in [1.29, 1.82) is 0 Å². The predicted octanol–water partition coefficient (Wildman–Crippen LogP) is 3.70. The molecule has 0 bridgehead atoms. The summed E-state index contributed by atoms with van der Waals surface area (Å²) in [5.41, 5.74) is 2.55. The lowest BCUT2D eigenvalue weighted by molar-refractivity contribution is -0.132. The molecule has 7 heteroatoms. The number of imide groups is 1. The fourth-order valence-corrected chi connectivity index (χ4v) is 4.18. The van der Waals surface area contributed by atoms with E-state index in [1.165, 1.54) is 6.42 Å². The normalized spacial score (nSPS) is 19.1. The van der Waals surface area contributed by atoms with Crippen LogP contribution in [0.2, 0.25) is 0 Å². The van der Waals surface area contributed by atoms with Gasteiger partial charge in [-0.15, -0.1) is 0 Å². The molecule has 0 atom stereocenters. The van der Waals surface area contributed by atoms with Gasteiger partial charge in [-0.3, -0.25) is 19.7 Å². The van der Waals surface area contributed by atoms with Gasteiger partial charge in [-0.05, 0) is 66.8 Å². The van der Waals surface area contributed by atoms with Crippen molar-refractivity contribution < 1.29 is 18.8 Å². The van der Waals surface area contributed by atoms with E-state index >= 15 is 0 Å². The van der Waals surface area contributed by atoms with Gasteiger partial charge < -0.3 is 9.32 Å². The number of hydrogen-bond acceptors (Lipinski definition) is 5. The zero-order valence-corrected chi connectivity index (χ0v) is 15.6. The Balaban J connectivity index is 1.50. The van der Waals surface area contributed by atoms with E-state index in [0.717, 1.165) is 59.8 Å². The van der Waals surface area contributed by atoms with Crippen molar-refractivity contribution in [3.05, 3.63) is 40.5 Å². The molecule has 140 valence electrons. The Hall–Kier alpha value is -2.54. The average molecular weight is 384 g/mol. The van der Waals surface area contributed by atoms with Crippen LogP contribution in [0.15, 0.2) is 33.8 Å². The maximum absolute atomic E-state index is 12.4. The number of piperidine rings is 1. The molecular formula is C20H20N2O4S. The highest BCUT2D eigenvalue weighted by atomic mass is 32.2. The SMILES string of the molecule is O=C1NC(=O)C(=Cc2ccc3occ(CCC(=O)N4CCCCC4)c3c2)S1. The minimum Gasteiger partial charge on any atom is -0.464 e. The van der Waals surface area contributed by atoms with Crippen molar-refractivity contribution >= 4 is 45.9 Å². The van der Waals surface area contributed by atoms with Gasteiger partial charge in [-0.25, -0.2) is 0 Å². The summed E-state index contributed by atoms with van der Waals surface area (Å²) in [6.07, 6.45) is 7.86. The summed E-state index contributed by atoms with van der Waals surface area (Å²) in [6, 6.07) is 5.62. The van der Waals surface area contributed by atoms with Crippen molar-refractivity contribution in [1.82, 2.24) is 10.2 Å². The van der Waals surface area contributed by atoms with Crippen LogP contribution in [0, 0.1) is 0 Å². The largest absolute Gasteiger partial charge is 0.464 e. The highest BCUT2D eigenvalue weighted by Crippen LogP contribution is 2.29. The summed E-state index contributed by atoms with van der Waals surface area (Å²) in [5.74, 6) is -0.176. The van der Waals surface area contributed by atoms with E-state index in [9.17, 15) is 14.4 Å². The Kier molecular flexibility index (Phi) is 5.03. The molecule has 2 aliphatic rings. The van der Waals surface area contributed by atoms with Gasteiger partial charge in [-0.2, -0.15) is 0 Å². The lowest BCUT2D eigenvalue weighted by Gasteiger charge is -2.26. The molecule has 2 aromatic rings. The number of amides is 3. The molecule has 2 saturated heterocycles. The van der Waals surface area contributed by atoms with E-state index in [1.54, 1.807) is 12.3 Å². The highest BCUT2D eigenvalue weighted by Gasteiger charge is 2.25. The molecule has 1 aromatic heterocycles. The van der Waals surface area contributed by atoms with Crippen LogP contribution in [0.4, 0.5) is 4.79 Å². The maximum atomic E-state index is 12.4. The molecule has 0 aliphatic carbocycles. The number of likely N-dealkylation sites (tertiary alicyclic amines) is 1. The van der Waals surface area contributed by atoms with Crippen LogP contribution in [0.25, 0.3) is 17.0 Å². The molecular weight excluding hydrogens is 364 g/mol. The van der Waals surface area contributed by atoms with Crippen LogP contribution in [0.1, 0.15) is 36.8 Å². The number of nitrogens with zero attached hydrogens (tertiary/aromatic N) is 1. The first-order valence-electron chi connectivity index (χ1n) is 9.13. The van der Waals surface area contributed by atoms with Gasteiger partial charge in [0.15, 0.2) is 0 Å². The number of nitrogens with one attached hydrogen (secondary N) is 1. The Bertz CT molecular complexity index is 941. The van der Waals surface area contributed by atoms with Crippen molar-refractivity contribution in [3.8, 4) is 0 Å². The van der Waals surface area contributed by atoms with Crippen molar-refractivity contribution in [2.45, 2.75) is 32.1 Å². The van der Waals surface area contributed by atoms with E-state index in [0.29, 0.717) is 17.7 Å². The second-order valence-electron chi connectivity index (χ2n) is 6.81. The zero-order valence-electron chi connectivity index (χ0n) is 14.8. The fraction of sp³-hybridized carbons (Fsp3) is 0.350. The molecule has 3 heterocycles. The van der Waals surface area contributed by atoms with Gasteiger partial charge in [0.2, 0.25) is 5.91 Å². The summed E-state index contributed by atoms with van der Waals surface area (Å²) >= 11 is 0.898. The lowest BCUT2D eigenvalue weighted by atomic mass is 10.0. The fourth-order valence-electron chi connectivity index (χ4n) is 3.50. The number of benzene rings is 1. The molecule has 2 fully saturated rings. The van der Waals surface area contributed by atoms with Crippen LogP contribution in [0.3, 0.4) is 0 Å². The van der Waals surface area contributed by atoms with Gasteiger partial charge in [-0.1, -0.05) is 6.07 Å². The first-order valence-corrected chi connectivity index (χ1v) is 9.94.